The van der Waals surface area contributed by atoms with Gasteiger partial charge in [0.05, 0.1) is 5.02 Å². The largest absolute Gasteiger partial charge is 0.487 e. The van der Waals surface area contributed by atoms with Crippen LogP contribution in [0.15, 0.2) is 46.9 Å². The second kappa shape index (κ2) is 6.03. The highest BCUT2D eigenvalue weighted by atomic mass is 35.5. The van der Waals surface area contributed by atoms with Gasteiger partial charge in [0, 0.05) is 5.56 Å². The maximum atomic E-state index is 12.8. The van der Waals surface area contributed by atoms with Gasteiger partial charge in [-0.05, 0) is 35.9 Å². The zero-order valence-electron chi connectivity index (χ0n) is 11.3. The summed E-state index contributed by atoms with van der Waals surface area (Å²) in [6.07, 6.45) is 0. The molecule has 0 fully saturated rings. The highest BCUT2D eigenvalue weighted by molar-refractivity contribution is 6.32. The third-order valence-electron chi connectivity index (χ3n) is 2.93. The fourth-order valence-corrected chi connectivity index (χ4v) is 2.08. The topological polar surface area (TPSA) is 74.2 Å². The van der Waals surface area contributed by atoms with Gasteiger partial charge in [-0.25, -0.2) is 4.39 Å². The second-order valence-electron chi connectivity index (χ2n) is 4.51. The number of aromatic nitrogens is 2. The molecule has 0 saturated carbocycles. The van der Waals surface area contributed by atoms with Crippen LogP contribution < -0.4 is 10.5 Å². The first-order valence-corrected chi connectivity index (χ1v) is 6.76. The molecule has 3 rings (SSSR count). The molecule has 0 aliphatic carbocycles. The van der Waals surface area contributed by atoms with Crippen LogP contribution in [-0.4, -0.2) is 10.2 Å². The predicted octanol–water partition coefficient (Wildman–Crippen LogP) is 3.69. The molecule has 1 aromatic heterocycles. The van der Waals surface area contributed by atoms with E-state index in [1.54, 1.807) is 30.3 Å². The molecule has 0 aliphatic rings. The normalized spacial score (nSPS) is 10.6. The summed E-state index contributed by atoms with van der Waals surface area (Å²) in [4.78, 5) is 0. The van der Waals surface area contributed by atoms with Crippen molar-refractivity contribution < 1.29 is 13.5 Å². The van der Waals surface area contributed by atoms with E-state index >= 15 is 0 Å². The Balaban J connectivity index is 1.73. The van der Waals surface area contributed by atoms with E-state index in [0.29, 0.717) is 16.3 Å². The minimum atomic E-state index is -0.287. The van der Waals surface area contributed by atoms with E-state index in [0.717, 1.165) is 5.56 Å². The van der Waals surface area contributed by atoms with Gasteiger partial charge in [0.15, 0.2) is 0 Å². The van der Waals surface area contributed by atoms with E-state index in [1.165, 1.54) is 12.1 Å². The molecule has 0 bridgehead atoms. The maximum absolute atomic E-state index is 12.8. The number of benzene rings is 2. The lowest BCUT2D eigenvalue weighted by Crippen LogP contribution is -1.96. The summed E-state index contributed by atoms with van der Waals surface area (Å²) in [5.41, 5.74) is 6.86. The minimum absolute atomic E-state index is 0.0113. The third-order valence-corrected chi connectivity index (χ3v) is 3.22. The van der Waals surface area contributed by atoms with Crippen molar-refractivity contribution in [2.45, 2.75) is 6.61 Å². The van der Waals surface area contributed by atoms with E-state index in [9.17, 15) is 4.39 Å². The second-order valence-corrected chi connectivity index (χ2v) is 4.91. The lowest BCUT2D eigenvalue weighted by atomic mass is 10.2. The van der Waals surface area contributed by atoms with Crippen LogP contribution in [0.3, 0.4) is 0 Å². The van der Waals surface area contributed by atoms with Gasteiger partial charge in [0.1, 0.15) is 18.2 Å². The molecule has 7 heteroatoms. The van der Waals surface area contributed by atoms with E-state index in [4.69, 9.17) is 26.5 Å². The van der Waals surface area contributed by atoms with Gasteiger partial charge in [0.2, 0.25) is 5.89 Å². The van der Waals surface area contributed by atoms with Gasteiger partial charge in [0.25, 0.3) is 0 Å². The van der Waals surface area contributed by atoms with Crippen molar-refractivity contribution in [2.24, 2.45) is 0 Å². The van der Waals surface area contributed by atoms with Crippen LogP contribution in [-0.2, 0) is 6.61 Å². The lowest BCUT2D eigenvalue weighted by molar-refractivity contribution is 0.306. The summed E-state index contributed by atoms with van der Waals surface area (Å²) in [6.45, 7) is 0.285. The quantitative estimate of drug-likeness (QED) is 0.793. The van der Waals surface area contributed by atoms with Crippen LogP contribution in [0.2, 0.25) is 5.02 Å². The SMILES string of the molecule is Nc1nnc(-c2ccc(OCc3ccc(F)cc3)c(Cl)c2)o1. The number of ether oxygens (including phenoxy) is 1. The molecule has 112 valence electrons. The van der Waals surface area contributed by atoms with Crippen molar-refractivity contribution in [2.75, 3.05) is 5.73 Å². The molecule has 0 aliphatic heterocycles. The smallest absolute Gasteiger partial charge is 0.313 e. The lowest BCUT2D eigenvalue weighted by Gasteiger charge is -2.08. The van der Waals surface area contributed by atoms with Crippen molar-refractivity contribution in [3.05, 3.63) is 58.9 Å². The van der Waals surface area contributed by atoms with E-state index in [2.05, 4.69) is 10.2 Å². The zero-order chi connectivity index (χ0) is 15.5. The monoisotopic (exact) mass is 319 g/mol. The summed E-state index contributed by atoms with van der Waals surface area (Å²) in [6, 6.07) is 11.1. The molecule has 22 heavy (non-hydrogen) atoms. The average Bonchev–Trinajstić information content (AvgIpc) is 2.94. The van der Waals surface area contributed by atoms with Crippen LogP contribution in [0, 0.1) is 5.82 Å². The van der Waals surface area contributed by atoms with Crippen molar-refractivity contribution in [1.29, 1.82) is 0 Å². The summed E-state index contributed by atoms with van der Waals surface area (Å²) in [7, 11) is 0. The highest BCUT2D eigenvalue weighted by Gasteiger charge is 2.10. The van der Waals surface area contributed by atoms with Crippen LogP contribution in [0.4, 0.5) is 10.4 Å². The van der Waals surface area contributed by atoms with Gasteiger partial charge < -0.3 is 14.9 Å². The molecule has 2 N–H and O–H groups in total. The maximum Gasteiger partial charge on any atom is 0.313 e. The highest BCUT2D eigenvalue weighted by Crippen LogP contribution is 2.30. The van der Waals surface area contributed by atoms with Crippen molar-refractivity contribution >= 4 is 17.6 Å². The molecule has 1 heterocycles. The van der Waals surface area contributed by atoms with Gasteiger partial charge in [-0.2, -0.15) is 0 Å². The number of nitrogens with two attached hydrogens (primary N) is 1. The van der Waals surface area contributed by atoms with E-state index in [-0.39, 0.29) is 24.3 Å². The fraction of sp³-hybridized carbons (Fsp3) is 0.0667. The number of nitrogens with zero attached hydrogens (tertiary/aromatic N) is 2. The van der Waals surface area contributed by atoms with Gasteiger partial charge in [-0.3, -0.25) is 0 Å². The number of hydrogen-bond donors (Lipinski definition) is 1. The number of halogens is 2. The standard InChI is InChI=1S/C15H11ClFN3O2/c16-12-7-10(14-19-20-15(18)22-14)3-6-13(12)21-8-9-1-4-11(17)5-2-9/h1-7H,8H2,(H2,18,20). The first kappa shape index (κ1) is 14.3. The molecule has 0 saturated heterocycles. The molecular weight excluding hydrogens is 309 g/mol. The van der Waals surface area contributed by atoms with E-state index < -0.39 is 0 Å². The molecule has 0 amide bonds. The fourth-order valence-electron chi connectivity index (χ4n) is 1.84. The number of hydrogen-bond acceptors (Lipinski definition) is 5. The summed E-state index contributed by atoms with van der Waals surface area (Å²) in [5.74, 6) is 0.497. The van der Waals surface area contributed by atoms with Gasteiger partial charge >= 0.3 is 6.01 Å². The van der Waals surface area contributed by atoms with Crippen LogP contribution in [0.5, 0.6) is 5.75 Å². The Labute approximate surface area is 130 Å². The Morgan fingerprint density at radius 2 is 1.91 bits per heavy atom. The Kier molecular flexibility index (Phi) is 3.93. The van der Waals surface area contributed by atoms with Crippen LogP contribution in [0.1, 0.15) is 5.56 Å². The van der Waals surface area contributed by atoms with Crippen molar-refractivity contribution in [3.8, 4) is 17.2 Å². The van der Waals surface area contributed by atoms with Gasteiger partial charge in [-0.15, -0.1) is 5.10 Å². The van der Waals surface area contributed by atoms with Crippen LogP contribution >= 0.6 is 11.6 Å². The predicted molar refractivity (Wildman–Crippen MR) is 79.9 cm³/mol. The summed E-state index contributed by atoms with van der Waals surface area (Å²) < 4.78 is 23.6. The minimum Gasteiger partial charge on any atom is -0.487 e. The molecule has 3 aromatic rings. The first-order chi connectivity index (χ1) is 10.6. The number of nitrogen functional groups attached to an aromatic ring is 1. The molecule has 2 aromatic carbocycles. The number of rotatable bonds is 4. The first-order valence-electron chi connectivity index (χ1n) is 6.38. The third kappa shape index (κ3) is 3.17. The Morgan fingerprint density at radius 1 is 1.14 bits per heavy atom. The number of anilines is 1. The zero-order valence-corrected chi connectivity index (χ0v) is 12.0. The Morgan fingerprint density at radius 3 is 2.55 bits per heavy atom. The molecule has 0 atom stereocenters. The van der Waals surface area contributed by atoms with Gasteiger partial charge in [-0.1, -0.05) is 28.8 Å². The molecular formula is C15H11ClFN3O2. The molecule has 0 radical (unpaired) electrons. The van der Waals surface area contributed by atoms with E-state index in [1.807, 2.05) is 0 Å². The molecule has 0 unspecified atom stereocenters. The van der Waals surface area contributed by atoms with Crippen molar-refractivity contribution in [1.82, 2.24) is 10.2 Å². The average molecular weight is 320 g/mol. The Bertz CT molecular complexity index is 790. The molecule has 5 nitrogen and oxygen atoms in total. The summed E-state index contributed by atoms with van der Waals surface area (Å²) in [5, 5.41) is 7.77. The van der Waals surface area contributed by atoms with Crippen molar-refractivity contribution in [3.63, 3.8) is 0 Å². The van der Waals surface area contributed by atoms with Crippen LogP contribution in [0.25, 0.3) is 11.5 Å². The molecule has 0 spiro atoms. The summed E-state index contributed by atoms with van der Waals surface area (Å²) >= 11 is 6.17. The Hall–Kier alpha value is -2.60.